The molecule has 0 bridgehead atoms. The molecule has 1 aromatic rings. The Hall–Kier alpha value is -1.23. The molecule has 108 valence electrons. The molecule has 1 aromatic carbocycles. The summed E-state index contributed by atoms with van der Waals surface area (Å²) >= 11 is 0. The van der Waals surface area contributed by atoms with E-state index in [1.807, 2.05) is 6.92 Å². The van der Waals surface area contributed by atoms with Gasteiger partial charge in [-0.2, -0.15) is 13.2 Å². The zero-order valence-electron chi connectivity index (χ0n) is 11.5. The lowest BCUT2D eigenvalue weighted by molar-refractivity contribution is -0.158. The van der Waals surface area contributed by atoms with Crippen LogP contribution in [-0.2, 0) is 0 Å². The number of rotatable bonds is 6. The van der Waals surface area contributed by atoms with Crippen molar-refractivity contribution in [1.82, 2.24) is 5.32 Å². The molecule has 0 aromatic heterocycles. The van der Waals surface area contributed by atoms with Crippen molar-refractivity contribution in [2.45, 2.75) is 39.4 Å². The van der Waals surface area contributed by atoms with E-state index >= 15 is 0 Å². The van der Waals surface area contributed by atoms with E-state index in [-0.39, 0.29) is 5.56 Å². The third-order valence-electron chi connectivity index (χ3n) is 2.70. The van der Waals surface area contributed by atoms with Gasteiger partial charge in [-0.25, -0.2) is 0 Å². The highest BCUT2D eigenvalue weighted by Crippen LogP contribution is 2.37. The molecule has 0 aliphatic carbocycles. The van der Waals surface area contributed by atoms with Crippen LogP contribution in [0.15, 0.2) is 18.2 Å². The van der Waals surface area contributed by atoms with Crippen LogP contribution in [0.2, 0.25) is 0 Å². The summed E-state index contributed by atoms with van der Waals surface area (Å²) < 4.78 is 44.8. The Kier molecular flexibility index (Phi) is 5.66. The summed E-state index contributed by atoms with van der Waals surface area (Å²) in [6.45, 7) is 6.01. The third-order valence-corrected chi connectivity index (χ3v) is 2.70. The molecule has 0 saturated heterocycles. The first kappa shape index (κ1) is 15.8. The number of halogens is 3. The summed E-state index contributed by atoms with van der Waals surface area (Å²) in [7, 11) is 0. The van der Waals surface area contributed by atoms with Gasteiger partial charge in [0, 0.05) is 5.56 Å². The zero-order valence-corrected chi connectivity index (χ0v) is 11.5. The maximum absolute atomic E-state index is 13.2. The van der Waals surface area contributed by atoms with Crippen LogP contribution in [0.1, 0.15) is 37.4 Å². The number of ether oxygens (including phenoxy) is 1. The Bertz CT molecular complexity index is 404. The quantitative estimate of drug-likeness (QED) is 0.847. The largest absolute Gasteiger partial charge is 0.494 e. The molecule has 1 atom stereocenters. The lowest BCUT2D eigenvalue weighted by Crippen LogP contribution is -2.35. The lowest BCUT2D eigenvalue weighted by Gasteiger charge is -2.24. The van der Waals surface area contributed by atoms with Crippen LogP contribution in [0.3, 0.4) is 0 Å². The molecule has 19 heavy (non-hydrogen) atoms. The van der Waals surface area contributed by atoms with Gasteiger partial charge in [-0.1, -0.05) is 24.6 Å². The van der Waals surface area contributed by atoms with Crippen molar-refractivity contribution in [2.75, 3.05) is 13.2 Å². The Morgan fingerprint density at radius 1 is 1.26 bits per heavy atom. The molecule has 0 heterocycles. The van der Waals surface area contributed by atoms with Gasteiger partial charge in [0.15, 0.2) is 0 Å². The van der Waals surface area contributed by atoms with Gasteiger partial charge in [0.2, 0.25) is 0 Å². The minimum atomic E-state index is -4.34. The number of hydrogen-bond acceptors (Lipinski definition) is 2. The predicted molar refractivity (Wildman–Crippen MR) is 69.4 cm³/mol. The fourth-order valence-corrected chi connectivity index (χ4v) is 1.87. The van der Waals surface area contributed by atoms with Crippen molar-refractivity contribution < 1.29 is 17.9 Å². The van der Waals surface area contributed by atoms with Crippen LogP contribution in [0.4, 0.5) is 13.2 Å². The van der Waals surface area contributed by atoms with Gasteiger partial charge in [-0.15, -0.1) is 0 Å². The minimum Gasteiger partial charge on any atom is -0.494 e. The number of benzene rings is 1. The summed E-state index contributed by atoms with van der Waals surface area (Å²) in [5.74, 6) is 0.291. The molecular weight excluding hydrogens is 255 g/mol. The first-order valence-electron chi connectivity index (χ1n) is 6.43. The smallest absolute Gasteiger partial charge is 0.408 e. The van der Waals surface area contributed by atoms with E-state index in [9.17, 15) is 13.2 Å². The normalized spacial score (nSPS) is 13.4. The van der Waals surface area contributed by atoms with E-state index in [0.29, 0.717) is 25.3 Å². The van der Waals surface area contributed by atoms with Crippen molar-refractivity contribution >= 4 is 0 Å². The van der Waals surface area contributed by atoms with Crippen molar-refractivity contribution in [1.29, 1.82) is 0 Å². The molecule has 5 heteroatoms. The summed E-state index contributed by atoms with van der Waals surface area (Å²) in [6, 6.07) is 3.20. The van der Waals surface area contributed by atoms with Crippen molar-refractivity contribution in [2.24, 2.45) is 0 Å². The van der Waals surface area contributed by atoms with Crippen LogP contribution in [0.25, 0.3) is 0 Å². The second kappa shape index (κ2) is 6.80. The summed E-state index contributed by atoms with van der Waals surface area (Å²) in [6.07, 6.45) is -3.70. The summed E-state index contributed by atoms with van der Waals surface area (Å²) in [5, 5.41) is 2.55. The zero-order chi connectivity index (χ0) is 14.5. The summed E-state index contributed by atoms with van der Waals surface area (Å²) in [4.78, 5) is 0. The van der Waals surface area contributed by atoms with E-state index in [1.54, 1.807) is 26.0 Å². The van der Waals surface area contributed by atoms with Gasteiger partial charge < -0.3 is 10.1 Å². The van der Waals surface area contributed by atoms with Gasteiger partial charge in [0.05, 0.1) is 6.61 Å². The Morgan fingerprint density at radius 3 is 2.47 bits per heavy atom. The standard InChI is InChI=1S/C14H20F3NO/c1-4-8-18-13(14(15,16)17)11-9-10(3)6-7-12(11)19-5-2/h6-7,9,13,18H,4-5,8H2,1-3H3. The molecule has 1 rings (SSSR count). The maximum Gasteiger partial charge on any atom is 0.408 e. The molecule has 0 saturated carbocycles. The molecule has 0 aliphatic heterocycles. The molecule has 1 N–H and O–H groups in total. The van der Waals surface area contributed by atoms with Crippen LogP contribution in [0.5, 0.6) is 5.75 Å². The highest BCUT2D eigenvalue weighted by Gasteiger charge is 2.41. The Morgan fingerprint density at radius 2 is 1.95 bits per heavy atom. The van der Waals surface area contributed by atoms with E-state index < -0.39 is 12.2 Å². The number of aryl methyl sites for hydroxylation is 1. The Balaban J connectivity index is 3.15. The average Bonchev–Trinajstić information content (AvgIpc) is 2.31. The van der Waals surface area contributed by atoms with Crippen molar-refractivity contribution in [3.8, 4) is 5.75 Å². The fraction of sp³-hybridized carbons (Fsp3) is 0.571. The molecule has 0 amide bonds. The van der Waals surface area contributed by atoms with Crippen molar-refractivity contribution in [3.05, 3.63) is 29.3 Å². The fourth-order valence-electron chi connectivity index (χ4n) is 1.87. The lowest BCUT2D eigenvalue weighted by atomic mass is 10.0. The van der Waals surface area contributed by atoms with E-state index in [2.05, 4.69) is 5.32 Å². The SMILES string of the molecule is CCCNC(c1cc(C)ccc1OCC)C(F)(F)F. The van der Waals surface area contributed by atoms with Gasteiger partial charge in [0.1, 0.15) is 11.8 Å². The van der Waals surface area contributed by atoms with Gasteiger partial charge in [-0.3, -0.25) is 0 Å². The molecule has 2 nitrogen and oxygen atoms in total. The van der Waals surface area contributed by atoms with Gasteiger partial charge in [-0.05, 0) is 32.9 Å². The maximum atomic E-state index is 13.2. The third kappa shape index (κ3) is 4.42. The van der Waals surface area contributed by atoms with Crippen LogP contribution < -0.4 is 10.1 Å². The average molecular weight is 275 g/mol. The second-order valence-corrected chi connectivity index (χ2v) is 4.40. The topological polar surface area (TPSA) is 21.3 Å². The first-order valence-corrected chi connectivity index (χ1v) is 6.43. The number of nitrogens with one attached hydrogen (secondary N) is 1. The predicted octanol–water partition coefficient (Wildman–Crippen LogP) is 4.00. The van der Waals surface area contributed by atoms with E-state index in [1.165, 1.54) is 6.07 Å². The second-order valence-electron chi connectivity index (χ2n) is 4.40. The summed E-state index contributed by atoms with van der Waals surface area (Å²) in [5.41, 5.74) is 0.939. The van der Waals surface area contributed by atoms with E-state index in [0.717, 1.165) is 5.56 Å². The minimum absolute atomic E-state index is 0.155. The molecule has 0 radical (unpaired) electrons. The van der Waals surface area contributed by atoms with Crippen LogP contribution in [0, 0.1) is 6.92 Å². The number of hydrogen-bond donors (Lipinski definition) is 1. The molecule has 0 fully saturated rings. The monoisotopic (exact) mass is 275 g/mol. The van der Waals surface area contributed by atoms with Crippen LogP contribution >= 0.6 is 0 Å². The van der Waals surface area contributed by atoms with Crippen LogP contribution in [-0.4, -0.2) is 19.3 Å². The Labute approximate surface area is 112 Å². The number of alkyl halides is 3. The molecule has 0 spiro atoms. The molecule has 1 unspecified atom stereocenters. The molecule has 0 aliphatic rings. The highest BCUT2D eigenvalue weighted by molar-refractivity contribution is 5.40. The molecular formula is C14H20F3NO. The van der Waals surface area contributed by atoms with Gasteiger partial charge >= 0.3 is 6.18 Å². The first-order chi connectivity index (χ1) is 8.90. The highest BCUT2D eigenvalue weighted by atomic mass is 19.4. The van der Waals surface area contributed by atoms with E-state index in [4.69, 9.17) is 4.74 Å². The van der Waals surface area contributed by atoms with Gasteiger partial charge in [0.25, 0.3) is 0 Å². The van der Waals surface area contributed by atoms with Crippen molar-refractivity contribution in [3.63, 3.8) is 0 Å².